The third-order valence-corrected chi connectivity index (χ3v) is 9.05. The lowest BCUT2D eigenvalue weighted by Gasteiger charge is -2.31. The Labute approximate surface area is 193 Å². The number of carbonyl (C=O) groups excluding carboxylic acids is 1. The Bertz CT molecular complexity index is 1260. The van der Waals surface area contributed by atoms with E-state index in [1.807, 2.05) is 23.2 Å². The van der Waals surface area contributed by atoms with Crippen LogP contribution in [-0.4, -0.2) is 64.5 Å². The zero-order valence-electron chi connectivity index (χ0n) is 19.0. The average Bonchev–Trinajstić information content (AvgIpc) is 3.41. The molecule has 0 radical (unpaired) electrons. The molecule has 3 aromatic heterocycles. The molecule has 5 rings (SSSR count). The molecular weight excluding hydrogens is 442 g/mol. The molecule has 9 nitrogen and oxygen atoms in total. The third kappa shape index (κ3) is 3.95. The number of hydrogen-bond donors (Lipinski definition) is 0. The van der Waals surface area contributed by atoms with Crippen molar-refractivity contribution in [3.8, 4) is 0 Å². The minimum atomic E-state index is -3.63. The Hall–Kier alpha value is -2.72. The van der Waals surface area contributed by atoms with Crippen LogP contribution in [0.5, 0.6) is 0 Å². The molecule has 0 N–H and O–H groups in total. The van der Waals surface area contributed by atoms with Crippen molar-refractivity contribution in [1.82, 2.24) is 24.0 Å². The van der Waals surface area contributed by atoms with Gasteiger partial charge >= 0.3 is 0 Å². The van der Waals surface area contributed by atoms with Crippen molar-refractivity contribution in [2.75, 3.05) is 26.2 Å². The summed E-state index contributed by atoms with van der Waals surface area (Å²) < 4.78 is 34.6. The van der Waals surface area contributed by atoms with Gasteiger partial charge in [-0.2, -0.15) is 9.40 Å². The van der Waals surface area contributed by atoms with Gasteiger partial charge in [0, 0.05) is 32.4 Å². The van der Waals surface area contributed by atoms with E-state index < -0.39 is 10.0 Å². The first kappa shape index (κ1) is 22.1. The number of hydrogen-bond acceptors (Lipinski definition) is 6. The predicted molar refractivity (Wildman–Crippen MR) is 122 cm³/mol. The van der Waals surface area contributed by atoms with Crippen molar-refractivity contribution in [2.45, 2.75) is 56.8 Å². The zero-order valence-corrected chi connectivity index (χ0v) is 19.8. The fourth-order valence-electron chi connectivity index (χ4n) is 5.08. The summed E-state index contributed by atoms with van der Waals surface area (Å²) in [5.41, 5.74) is 2.96. The summed E-state index contributed by atoms with van der Waals surface area (Å²) in [5, 5.41) is 8.18. The SMILES string of the molecule is Cc1noc(C)c1S(=O)(=O)N1CCC(c2ccn3ncc(C(=O)N4CCCCC4)c3c2)CC1. The average molecular weight is 472 g/mol. The maximum Gasteiger partial charge on any atom is 0.257 e. The molecule has 10 heteroatoms. The quantitative estimate of drug-likeness (QED) is 0.579. The molecule has 2 saturated heterocycles. The van der Waals surface area contributed by atoms with Gasteiger partial charge in [0.1, 0.15) is 10.6 Å². The number of carbonyl (C=O) groups is 1. The summed E-state index contributed by atoms with van der Waals surface area (Å²) >= 11 is 0. The van der Waals surface area contributed by atoms with Crippen molar-refractivity contribution in [3.05, 3.63) is 47.1 Å². The first-order chi connectivity index (χ1) is 15.9. The van der Waals surface area contributed by atoms with Gasteiger partial charge in [-0.1, -0.05) is 5.16 Å². The Kier molecular flexibility index (Phi) is 5.74. The molecule has 176 valence electrons. The number of piperidine rings is 2. The second-order valence-electron chi connectivity index (χ2n) is 9.03. The molecule has 0 spiro atoms. The number of amides is 1. The third-order valence-electron chi connectivity index (χ3n) is 6.91. The van der Waals surface area contributed by atoms with Gasteiger partial charge in [-0.3, -0.25) is 4.79 Å². The number of likely N-dealkylation sites (tertiary alicyclic amines) is 1. The van der Waals surface area contributed by atoms with Crippen LogP contribution >= 0.6 is 0 Å². The van der Waals surface area contributed by atoms with E-state index in [9.17, 15) is 13.2 Å². The number of nitrogens with zero attached hydrogens (tertiary/aromatic N) is 5. The van der Waals surface area contributed by atoms with Gasteiger partial charge in [-0.15, -0.1) is 0 Å². The standard InChI is InChI=1S/C23H29N5O4S/c1-16-22(17(2)32-25-16)33(30,31)27-11-6-18(7-12-27)19-8-13-28-21(14-19)20(15-24-28)23(29)26-9-4-3-5-10-26/h8,13-15,18H,3-7,9-12H2,1-2H3. The van der Waals surface area contributed by atoms with Gasteiger partial charge in [0.25, 0.3) is 5.91 Å². The van der Waals surface area contributed by atoms with Crippen LogP contribution in [0.1, 0.15) is 65.4 Å². The van der Waals surface area contributed by atoms with Gasteiger partial charge in [0.2, 0.25) is 10.0 Å². The van der Waals surface area contributed by atoms with Gasteiger partial charge in [0.05, 0.1) is 17.3 Å². The second-order valence-corrected chi connectivity index (χ2v) is 10.9. The maximum absolute atomic E-state index is 13.1. The van der Waals surface area contributed by atoms with Gasteiger partial charge < -0.3 is 9.42 Å². The molecule has 0 unspecified atom stereocenters. The largest absolute Gasteiger partial charge is 0.360 e. The van der Waals surface area contributed by atoms with E-state index in [2.05, 4.69) is 10.3 Å². The number of fused-ring (bicyclic) bond motifs is 1. The highest BCUT2D eigenvalue weighted by Crippen LogP contribution is 2.33. The minimum absolute atomic E-state index is 0.0437. The first-order valence-electron chi connectivity index (χ1n) is 11.6. The van der Waals surface area contributed by atoms with E-state index in [0.29, 0.717) is 42.9 Å². The minimum Gasteiger partial charge on any atom is -0.360 e. The Morgan fingerprint density at radius 3 is 2.48 bits per heavy atom. The Balaban J connectivity index is 1.34. The Morgan fingerprint density at radius 2 is 1.82 bits per heavy atom. The molecule has 33 heavy (non-hydrogen) atoms. The molecule has 0 bridgehead atoms. The molecule has 2 aliphatic heterocycles. The van der Waals surface area contributed by atoms with Gasteiger partial charge in [0.15, 0.2) is 5.76 Å². The molecule has 3 aromatic rings. The molecule has 0 atom stereocenters. The molecule has 2 fully saturated rings. The van der Waals surface area contributed by atoms with Crippen LogP contribution in [0.15, 0.2) is 33.9 Å². The highest BCUT2D eigenvalue weighted by molar-refractivity contribution is 7.89. The van der Waals surface area contributed by atoms with E-state index in [-0.39, 0.29) is 16.7 Å². The highest BCUT2D eigenvalue weighted by Gasteiger charge is 2.34. The van der Waals surface area contributed by atoms with Crippen molar-refractivity contribution < 1.29 is 17.7 Å². The van der Waals surface area contributed by atoms with Crippen LogP contribution in [0.4, 0.5) is 0 Å². The highest BCUT2D eigenvalue weighted by atomic mass is 32.2. The predicted octanol–water partition coefficient (Wildman–Crippen LogP) is 3.13. The lowest BCUT2D eigenvalue weighted by molar-refractivity contribution is 0.0726. The van der Waals surface area contributed by atoms with Gasteiger partial charge in [-0.25, -0.2) is 12.9 Å². The Morgan fingerprint density at radius 1 is 1.09 bits per heavy atom. The first-order valence-corrected chi connectivity index (χ1v) is 13.0. The summed E-state index contributed by atoms with van der Waals surface area (Å²) in [7, 11) is -3.63. The number of sulfonamides is 1. The number of aromatic nitrogens is 3. The fraction of sp³-hybridized carbons (Fsp3) is 0.522. The van der Waals surface area contributed by atoms with E-state index in [1.54, 1.807) is 24.6 Å². The number of pyridine rings is 1. The second kappa shape index (κ2) is 8.57. The normalized spacial score (nSPS) is 18.8. The smallest absolute Gasteiger partial charge is 0.257 e. The van der Waals surface area contributed by atoms with E-state index in [1.165, 1.54) is 10.7 Å². The molecule has 2 aliphatic rings. The lowest BCUT2D eigenvalue weighted by Crippen LogP contribution is -2.38. The molecule has 0 aromatic carbocycles. The van der Waals surface area contributed by atoms with Crippen LogP contribution in [0.3, 0.4) is 0 Å². The molecule has 0 saturated carbocycles. The van der Waals surface area contributed by atoms with E-state index in [4.69, 9.17) is 4.52 Å². The van der Waals surface area contributed by atoms with Crippen molar-refractivity contribution in [2.24, 2.45) is 0 Å². The van der Waals surface area contributed by atoms with Crippen LogP contribution in [-0.2, 0) is 10.0 Å². The van der Waals surface area contributed by atoms with Crippen LogP contribution in [0, 0.1) is 13.8 Å². The lowest BCUT2D eigenvalue weighted by atomic mass is 9.90. The molecule has 0 aliphatic carbocycles. The van der Waals surface area contributed by atoms with E-state index in [0.717, 1.165) is 37.0 Å². The zero-order chi connectivity index (χ0) is 23.2. The topological polar surface area (TPSA) is 101 Å². The fourth-order valence-corrected chi connectivity index (χ4v) is 6.85. The van der Waals surface area contributed by atoms with Crippen LogP contribution < -0.4 is 0 Å². The maximum atomic E-state index is 13.1. The summed E-state index contributed by atoms with van der Waals surface area (Å²) in [5.74, 6) is 0.591. The summed E-state index contributed by atoms with van der Waals surface area (Å²) in [6.45, 7) is 5.74. The van der Waals surface area contributed by atoms with Crippen LogP contribution in [0.25, 0.3) is 5.52 Å². The molecule has 1 amide bonds. The van der Waals surface area contributed by atoms with Crippen molar-refractivity contribution >= 4 is 21.4 Å². The summed E-state index contributed by atoms with van der Waals surface area (Å²) in [6.07, 6.45) is 8.24. The molecular formula is C23H29N5O4S. The summed E-state index contributed by atoms with van der Waals surface area (Å²) in [4.78, 5) is 15.2. The monoisotopic (exact) mass is 471 g/mol. The van der Waals surface area contributed by atoms with Crippen molar-refractivity contribution in [1.29, 1.82) is 0 Å². The molecule has 5 heterocycles. The van der Waals surface area contributed by atoms with Crippen molar-refractivity contribution in [3.63, 3.8) is 0 Å². The number of rotatable bonds is 4. The van der Waals surface area contributed by atoms with Crippen LogP contribution in [0.2, 0.25) is 0 Å². The number of aryl methyl sites for hydroxylation is 2. The van der Waals surface area contributed by atoms with E-state index >= 15 is 0 Å². The van der Waals surface area contributed by atoms with Gasteiger partial charge in [-0.05, 0) is 69.6 Å². The summed E-state index contributed by atoms with van der Waals surface area (Å²) in [6, 6.07) is 4.07.